The van der Waals surface area contributed by atoms with Crippen LogP contribution in [0.2, 0.25) is 0 Å². The number of unbranched alkanes of at least 4 members (excludes halogenated alkanes) is 2. The molecule has 13 nitrogen and oxygen atoms in total. The minimum atomic E-state index is -3.63. The Balaban J connectivity index is 1.47. The van der Waals surface area contributed by atoms with Crippen molar-refractivity contribution in [3.63, 3.8) is 0 Å². The van der Waals surface area contributed by atoms with Crippen LogP contribution in [0, 0.1) is 0 Å². The second-order valence-corrected chi connectivity index (χ2v) is 13.3. The number of alkyl halides is 1. The van der Waals surface area contributed by atoms with E-state index in [2.05, 4.69) is 0 Å². The molecule has 0 N–H and O–H groups in total. The number of carbonyl (C=O) groups excluding carboxylic acids is 3. The highest BCUT2D eigenvalue weighted by atomic mass is 32.2. The molecule has 0 amide bonds. The number of aromatic nitrogens is 2. The van der Waals surface area contributed by atoms with Crippen molar-refractivity contribution in [3.8, 4) is 0 Å². The Hall–Kier alpha value is -5.25. The third kappa shape index (κ3) is 9.31. The SMILES string of the molecule is CS(=O)(=O)OCCCCCc1cn([C@@H]2O[C@H](COC(=O)c3ccccc3)[C@@H](OC(=O)c3ccccc3)[C@@H]2F)c(=O)n(C(=O)c2ccccc2)c1=O. The molecule has 0 unspecified atom stereocenters. The lowest BCUT2D eigenvalue weighted by Gasteiger charge is -2.20. The van der Waals surface area contributed by atoms with Crippen LogP contribution < -0.4 is 11.2 Å². The molecule has 0 radical (unpaired) electrons. The van der Waals surface area contributed by atoms with Crippen molar-refractivity contribution in [2.45, 2.75) is 50.3 Å². The van der Waals surface area contributed by atoms with E-state index >= 15 is 4.39 Å². The first kappa shape index (κ1) is 37.0. The minimum Gasteiger partial charge on any atom is -0.459 e. The Labute approximate surface area is 292 Å². The molecule has 0 aliphatic carbocycles. The number of rotatable bonds is 14. The number of benzene rings is 3. The van der Waals surface area contributed by atoms with Gasteiger partial charge in [-0.15, -0.1) is 0 Å². The zero-order chi connectivity index (χ0) is 36.5. The van der Waals surface area contributed by atoms with Gasteiger partial charge in [-0.05, 0) is 55.7 Å². The number of aryl methyl sites for hydroxylation is 1. The van der Waals surface area contributed by atoms with E-state index in [9.17, 15) is 32.4 Å². The lowest BCUT2D eigenvalue weighted by molar-refractivity contribution is -0.0595. The summed E-state index contributed by atoms with van der Waals surface area (Å²) in [6.07, 6.45) is -4.01. The Morgan fingerprint density at radius 1 is 0.804 bits per heavy atom. The maximum absolute atomic E-state index is 16.5. The molecule has 2 heterocycles. The number of carbonyl (C=O) groups is 3. The maximum atomic E-state index is 16.5. The van der Waals surface area contributed by atoms with Crippen LogP contribution in [0.25, 0.3) is 0 Å². The summed E-state index contributed by atoms with van der Waals surface area (Å²) >= 11 is 0. The van der Waals surface area contributed by atoms with E-state index in [1.54, 1.807) is 54.6 Å². The highest BCUT2D eigenvalue weighted by molar-refractivity contribution is 7.85. The first-order valence-corrected chi connectivity index (χ1v) is 17.8. The van der Waals surface area contributed by atoms with Gasteiger partial charge >= 0.3 is 17.6 Å². The van der Waals surface area contributed by atoms with Gasteiger partial charge in [0, 0.05) is 17.3 Å². The Morgan fingerprint density at radius 2 is 1.37 bits per heavy atom. The molecule has 1 aliphatic heterocycles. The topological polar surface area (TPSA) is 166 Å². The second-order valence-electron chi connectivity index (χ2n) is 11.7. The van der Waals surface area contributed by atoms with Gasteiger partial charge in [0.1, 0.15) is 12.7 Å². The van der Waals surface area contributed by atoms with Gasteiger partial charge in [-0.1, -0.05) is 61.0 Å². The first-order chi connectivity index (χ1) is 24.4. The van der Waals surface area contributed by atoms with Crippen LogP contribution in [0.15, 0.2) is 107 Å². The normalized spacial score (nSPS) is 18.6. The molecule has 0 bridgehead atoms. The lowest BCUT2D eigenvalue weighted by atomic mass is 10.1. The van der Waals surface area contributed by atoms with Gasteiger partial charge in [0.05, 0.1) is 24.0 Å². The van der Waals surface area contributed by atoms with Gasteiger partial charge in [-0.2, -0.15) is 13.0 Å². The molecule has 268 valence electrons. The van der Waals surface area contributed by atoms with Crippen LogP contribution >= 0.6 is 0 Å². The number of ether oxygens (including phenoxy) is 3. The predicted molar refractivity (Wildman–Crippen MR) is 181 cm³/mol. The molecule has 15 heteroatoms. The lowest BCUT2D eigenvalue weighted by Crippen LogP contribution is -2.47. The summed E-state index contributed by atoms with van der Waals surface area (Å²) in [7, 11) is -3.63. The van der Waals surface area contributed by atoms with E-state index in [4.69, 9.17) is 18.4 Å². The monoisotopic (exact) mass is 722 g/mol. The zero-order valence-corrected chi connectivity index (χ0v) is 28.3. The Kier molecular flexibility index (Phi) is 12.1. The van der Waals surface area contributed by atoms with Gasteiger partial charge in [-0.25, -0.2) is 18.8 Å². The van der Waals surface area contributed by atoms with E-state index in [0.717, 1.165) is 17.0 Å². The van der Waals surface area contributed by atoms with Gasteiger partial charge < -0.3 is 14.2 Å². The van der Waals surface area contributed by atoms with Crippen molar-refractivity contribution in [2.24, 2.45) is 0 Å². The minimum absolute atomic E-state index is 0.0165. The van der Waals surface area contributed by atoms with Crippen molar-refractivity contribution in [3.05, 3.63) is 140 Å². The summed E-state index contributed by atoms with van der Waals surface area (Å²) in [6, 6.07) is 23.3. The quantitative estimate of drug-likeness (QED) is 0.106. The zero-order valence-electron chi connectivity index (χ0n) is 27.5. The number of halogens is 1. The molecular formula is C36H35FN2O11S. The molecule has 1 aromatic heterocycles. The summed E-state index contributed by atoms with van der Waals surface area (Å²) in [4.78, 5) is 66.9. The number of hydrogen-bond donors (Lipinski definition) is 0. The van der Waals surface area contributed by atoms with E-state index in [-0.39, 0.29) is 35.3 Å². The highest BCUT2D eigenvalue weighted by Gasteiger charge is 2.50. The third-order valence-corrected chi connectivity index (χ3v) is 8.57. The highest BCUT2D eigenvalue weighted by Crippen LogP contribution is 2.34. The molecule has 3 aromatic carbocycles. The molecule has 1 saturated heterocycles. The van der Waals surface area contributed by atoms with E-state index in [1.807, 2.05) is 0 Å². The van der Waals surface area contributed by atoms with Gasteiger partial charge in [0.25, 0.3) is 21.6 Å². The largest absolute Gasteiger partial charge is 0.459 e. The van der Waals surface area contributed by atoms with E-state index in [1.165, 1.54) is 36.4 Å². The van der Waals surface area contributed by atoms with Crippen LogP contribution in [0.1, 0.15) is 62.1 Å². The van der Waals surface area contributed by atoms with Crippen LogP contribution in [0.3, 0.4) is 0 Å². The van der Waals surface area contributed by atoms with Crippen LogP contribution in [0.5, 0.6) is 0 Å². The van der Waals surface area contributed by atoms with Crippen molar-refractivity contribution in [1.82, 2.24) is 9.13 Å². The summed E-state index contributed by atoms with van der Waals surface area (Å²) in [5, 5.41) is 0. The Bertz CT molecular complexity index is 2070. The van der Waals surface area contributed by atoms with Crippen LogP contribution in [-0.4, -0.2) is 73.2 Å². The summed E-state index contributed by atoms with van der Waals surface area (Å²) < 4.78 is 61.8. The van der Waals surface area contributed by atoms with E-state index < -0.39 is 70.4 Å². The fraction of sp³-hybridized carbons (Fsp3) is 0.306. The number of hydrogen-bond acceptors (Lipinski definition) is 11. The van der Waals surface area contributed by atoms with Crippen LogP contribution in [-0.2, 0) is 34.9 Å². The number of esters is 2. The van der Waals surface area contributed by atoms with Crippen molar-refractivity contribution in [2.75, 3.05) is 19.5 Å². The molecule has 1 aliphatic rings. The first-order valence-electron chi connectivity index (χ1n) is 16.0. The fourth-order valence-corrected chi connectivity index (χ4v) is 5.87. The van der Waals surface area contributed by atoms with Crippen molar-refractivity contribution >= 4 is 28.0 Å². The molecule has 4 aromatic rings. The average molecular weight is 723 g/mol. The molecular weight excluding hydrogens is 687 g/mol. The van der Waals surface area contributed by atoms with Crippen molar-refractivity contribution in [1.29, 1.82) is 0 Å². The maximum Gasteiger partial charge on any atom is 0.340 e. The molecule has 1 fully saturated rings. The smallest absolute Gasteiger partial charge is 0.340 e. The van der Waals surface area contributed by atoms with Crippen LogP contribution in [0.4, 0.5) is 4.39 Å². The average Bonchev–Trinajstić information content (AvgIpc) is 3.43. The van der Waals surface area contributed by atoms with Gasteiger partial charge in [0.15, 0.2) is 18.5 Å². The third-order valence-electron chi connectivity index (χ3n) is 7.98. The molecule has 0 spiro atoms. The van der Waals surface area contributed by atoms with Gasteiger partial charge in [0.2, 0.25) is 0 Å². The number of nitrogens with zero attached hydrogens (tertiary/aromatic N) is 2. The van der Waals surface area contributed by atoms with Gasteiger partial charge in [-0.3, -0.25) is 18.3 Å². The second kappa shape index (κ2) is 16.6. The summed E-state index contributed by atoms with van der Waals surface area (Å²) in [5.74, 6) is -2.62. The molecule has 5 rings (SSSR count). The predicted octanol–water partition coefficient (Wildman–Crippen LogP) is 3.71. The Morgan fingerprint density at radius 3 is 1.96 bits per heavy atom. The molecule has 0 saturated carbocycles. The molecule has 4 atom stereocenters. The fourth-order valence-electron chi connectivity index (χ4n) is 5.45. The molecule has 51 heavy (non-hydrogen) atoms. The summed E-state index contributed by atoms with van der Waals surface area (Å²) in [6.45, 7) is -0.648. The standard InChI is InChI=1S/C36H35FN2O11S/c1-51(45,46)48-21-13-5-12-20-27-22-38(36(44)39(32(27)41)31(40)24-14-6-2-7-15-24)33-29(37)30(50-35(43)26-18-10-4-11-19-26)28(49-33)23-47-34(42)25-16-8-3-9-17-25/h2-4,6-11,14-19,22,28-30,33H,5,12-13,20-21,23H2,1H3/t28-,29+,30-,33-/m1/s1. The summed E-state index contributed by atoms with van der Waals surface area (Å²) in [5.41, 5.74) is -1.83. The van der Waals surface area contributed by atoms with E-state index in [0.29, 0.717) is 23.8 Å². The van der Waals surface area contributed by atoms with Crippen molar-refractivity contribution < 1.29 is 45.6 Å².